The van der Waals surface area contributed by atoms with Crippen LogP contribution >= 0.6 is 0 Å². The zero-order valence-corrected chi connectivity index (χ0v) is 8.54. The van der Waals surface area contributed by atoms with Gasteiger partial charge in [0.05, 0.1) is 7.11 Å². The maximum absolute atomic E-state index is 11.2. The molecule has 1 aliphatic rings. The fourth-order valence-electron chi connectivity index (χ4n) is 1.51. The molecular weight excluding hydrogens is 180 g/mol. The van der Waals surface area contributed by atoms with E-state index in [2.05, 4.69) is 9.64 Å². The van der Waals surface area contributed by atoms with Gasteiger partial charge in [-0.15, -0.1) is 0 Å². The number of ether oxygens (including phenoxy) is 1. The Bertz CT molecular complexity index is 292. The van der Waals surface area contributed by atoms with Crippen LogP contribution in [0.3, 0.4) is 0 Å². The van der Waals surface area contributed by atoms with Gasteiger partial charge < -0.3 is 9.64 Å². The predicted octanol–water partition coefficient (Wildman–Crippen LogP) is 0.705. The van der Waals surface area contributed by atoms with Gasteiger partial charge in [0.15, 0.2) is 0 Å². The molecule has 0 spiro atoms. The molecule has 0 saturated carbocycles. The molecule has 1 aliphatic heterocycles. The van der Waals surface area contributed by atoms with E-state index in [0.717, 1.165) is 31.5 Å². The Morgan fingerprint density at radius 2 is 2.07 bits per heavy atom. The molecule has 14 heavy (non-hydrogen) atoms. The topological polar surface area (TPSA) is 53.3 Å². The second-order valence-electron chi connectivity index (χ2n) is 3.39. The number of nitrogens with zero attached hydrogens (tertiary/aromatic N) is 2. The van der Waals surface area contributed by atoms with Gasteiger partial charge in [0.2, 0.25) is 0 Å². The summed E-state index contributed by atoms with van der Waals surface area (Å²) in [5.41, 5.74) is 1.12. The lowest BCUT2D eigenvalue weighted by molar-refractivity contribution is -0.135. The molecule has 0 bridgehead atoms. The van der Waals surface area contributed by atoms with Crippen LogP contribution in [0.2, 0.25) is 0 Å². The summed E-state index contributed by atoms with van der Waals surface area (Å²) in [6, 6.07) is 1.92. The molecule has 0 amide bonds. The van der Waals surface area contributed by atoms with E-state index in [1.807, 2.05) is 13.1 Å². The van der Waals surface area contributed by atoms with E-state index in [4.69, 9.17) is 5.26 Å². The number of nitriles is 1. The Labute approximate surface area is 83.8 Å². The van der Waals surface area contributed by atoms with Gasteiger partial charge >= 0.3 is 5.97 Å². The highest BCUT2D eigenvalue weighted by Crippen LogP contribution is 2.19. The van der Waals surface area contributed by atoms with Gasteiger partial charge in [-0.05, 0) is 25.5 Å². The van der Waals surface area contributed by atoms with Crippen molar-refractivity contribution in [2.24, 2.45) is 0 Å². The van der Waals surface area contributed by atoms with Crippen molar-refractivity contribution in [3.8, 4) is 6.07 Å². The molecule has 1 rings (SSSR count). The van der Waals surface area contributed by atoms with Crippen molar-refractivity contribution in [3.05, 3.63) is 11.1 Å². The molecule has 1 fully saturated rings. The molecule has 1 heterocycles. The summed E-state index contributed by atoms with van der Waals surface area (Å²) in [6.45, 7) is 1.80. The average Bonchev–Trinajstić information content (AvgIpc) is 2.21. The van der Waals surface area contributed by atoms with Crippen LogP contribution in [0.4, 0.5) is 0 Å². The van der Waals surface area contributed by atoms with Crippen molar-refractivity contribution in [1.82, 2.24) is 4.90 Å². The minimum atomic E-state index is -0.507. The minimum Gasteiger partial charge on any atom is -0.465 e. The maximum Gasteiger partial charge on any atom is 0.348 e. The quantitative estimate of drug-likeness (QED) is 0.350. The second-order valence-corrected chi connectivity index (χ2v) is 3.39. The van der Waals surface area contributed by atoms with Crippen molar-refractivity contribution in [2.45, 2.75) is 12.8 Å². The van der Waals surface area contributed by atoms with Gasteiger partial charge in [-0.3, -0.25) is 0 Å². The summed E-state index contributed by atoms with van der Waals surface area (Å²) < 4.78 is 4.55. The summed E-state index contributed by atoms with van der Waals surface area (Å²) in [5, 5.41) is 8.82. The van der Waals surface area contributed by atoms with Gasteiger partial charge in [0.1, 0.15) is 11.6 Å². The van der Waals surface area contributed by atoms with E-state index < -0.39 is 5.97 Å². The monoisotopic (exact) mass is 194 g/mol. The Kier molecular flexibility index (Phi) is 3.66. The third-order valence-corrected chi connectivity index (χ3v) is 2.45. The first-order valence-electron chi connectivity index (χ1n) is 4.58. The third-order valence-electron chi connectivity index (χ3n) is 2.45. The highest BCUT2D eigenvalue weighted by atomic mass is 16.5. The van der Waals surface area contributed by atoms with Crippen LogP contribution in [0, 0.1) is 11.3 Å². The molecule has 0 atom stereocenters. The minimum absolute atomic E-state index is 0.195. The normalized spacial score (nSPS) is 17.4. The van der Waals surface area contributed by atoms with Crippen molar-refractivity contribution in [1.29, 1.82) is 5.26 Å². The number of hydrogen-bond acceptors (Lipinski definition) is 4. The van der Waals surface area contributed by atoms with Crippen LogP contribution in [-0.2, 0) is 9.53 Å². The molecule has 0 N–H and O–H groups in total. The molecule has 4 nitrogen and oxygen atoms in total. The average molecular weight is 194 g/mol. The first kappa shape index (κ1) is 10.7. The van der Waals surface area contributed by atoms with E-state index in [9.17, 15) is 4.79 Å². The molecule has 76 valence electrons. The van der Waals surface area contributed by atoms with Crippen molar-refractivity contribution in [2.75, 3.05) is 27.2 Å². The Hall–Kier alpha value is -1.34. The Morgan fingerprint density at radius 1 is 1.50 bits per heavy atom. The lowest BCUT2D eigenvalue weighted by Crippen LogP contribution is -2.27. The van der Waals surface area contributed by atoms with Gasteiger partial charge in [0, 0.05) is 13.1 Å². The number of carbonyl (C=O) groups is 1. The summed E-state index contributed by atoms with van der Waals surface area (Å²) in [7, 11) is 3.33. The summed E-state index contributed by atoms with van der Waals surface area (Å²) in [6.07, 6.45) is 1.57. The Morgan fingerprint density at radius 3 is 2.50 bits per heavy atom. The SMILES string of the molecule is COC(=O)C(C#N)=C1CCN(C)CC1. The molecule has 0 aromatic carbocycles. The van der Waals surface area contributed by atoms with E-state index in [1.54, 1.807) is 0 Å². The molecule has 1 saturated heterocycles. The van der Waals surface area contributed by atoms with Crippen molar-refractivity contribution < 1.29 is 9.53 Å². The van der Waals surface area contributed by atoms with Crippen LogP contribution in [0.15, 0.2) is 11.1 Å². The summed E-state index contributed by atoms with van der Waals surface area (Å²) in [4.78, 5) is 13.4. The zero-order valence-electron chi connectivity index (χ0n) is 8.54. The van der Waals surface area contributed by atoms with Crippen molar-refractivity contribution >= 4 is 5.97 Å². The van der Waals surface area contributed by atoms with Crippen LogP contribution in [0.1, 0.15) is 12.8 Å². The molecule has 0 unspecified atom stereocenters. The van der Waals surface area contributed by atoms with E-state index in [1.165, 1.54) is 7.11 Å². The fourth-order valence-corrected chi connectivity index (χ4v) is 1.51. The molecule has 4 heteroatoms. The Balaban J connectivity index is 2.81. The first-order chi connectivity index (χ1) is 6.69. The van der Waals surface area contributed by atoms with Gasteiger partial charge in [-0.2, -0.15) is 5.26 Å². The largest absolute Gasteiger partial charge is 0.465 e. The maximum atomic E-state index is 11.2. The highest BCUT2D eigenvalue weighted by Gasteiger charge is 2.19. The smallest absolute Gasteiger partial charge is 0.348 e. The molecular formula is C10H14N2O2. The second kappa shape index (κ2) is 4.77. The number of methoxy groups -OCH3 is 1. The van der Waals surface area contributed by atoms with Crippen LogP contribution in [-0.4, -0.2) is 38.1 Å². The van der Waals surface area contributed by atoms with Crippen LogP contribution in [0.25, 0.3) is 0 Å². The number of esters is 1. The molecule has 0 aromatic rings. The van der Waals surface area contributed by atoms with Gasteiger partial charge in [-0.25, -0.2) is 4.79 Å². The molecule has 0 aliphatic carbocycles. The highest BCUT2D eigenvalue weighted by molar-refractivity contribution is 5.93. The number of hydrogen-bond donors (Lipinski definition) is 0. The third kappa shape index (κ3) is 2.33. The number of carbonyl (C=O) groups excluding carboxylic acids is 1. The fraction of sp³-hybridized carbons (Fsp3) is 0.600. The summed E-state index contributed by atoms with van der Waals surface area (Å²) in [5.74, 6) is -0.507. The zero-order chi connectivity index (χ0) is 10.6. The van der Waals surface area contributed by atoms with Crippen LogP contribution in [0.5, 0.6) is 0 Å². The lowest BCUT2D eigenvalue weighted by Gasteiger charge is -2.24. The number of likely N-dealkylation sites (tertiary alicyclic amines) is 1. The molecule has 0 radical (unpaired) electrons. The first-order valence-corrected chi connectivity index (χ1v) is 4.58. The van der Waals surface area contributed by atoms with E-state index >= 15 is 0 Å². The lowest BCUT2D eigenvalue weighted by atomic mass is 9.99. The standard InChI is InChI=1S/C10H14N2O2/c1-12-5-3-8(4-6-12)9(7-11)10(13)14-2/h3-6H2,1-2H3. The van der Waals surface area contributed by atoms with E-state index in [0.29, 0.717) is 0 Å². The van der Waals surface area contributed by atoms with Crippen molar-refractivity contribution in [3.63, 3.8) is 0 Å². The van der Waals surface area contributed by atoms with Gasteiger partial charge in [-0.1, -0.05) is 0 Å². The van der Waals surface area contributed by atoms with Gasteiger partial charge in [0.25, 0.3) is 0 Å². The number of piperidine rings is 1. The molecule has 0 aromatic heterocycles. The van der Waals surface area contributed by atoms with E-state index in [-0.39, 0.29) is 5.57 Å². The number of rotatable bonds is 1. The van der Waals surface area contributed by atoms with Crippen LogP contribution < -0.4 is 0 Å². The summed E-state index contributed by atoms with van der Waals surface area (Å²) >= 11 is 0. The predicted molar refractivity (Wildman–Crippen MR) is 51.4 cm³/mol.